The van der Waals surface area contributed by atoms with Crippen LogP contribution in [0.2, 0.25) is 5.28 Å². The third kappa shape index (κ3) is 7.56. The summed E-state index contributed by atoms with van der Waals surface area (Å²) in [5.74, 6) is 1.13. The van der Waals surface area contributed by atoms with E-state index >= 15 is 0 Å². The van der Waals surface area contributed by atoms with Gasteiger partial charge in [0, 0.05) is 66.0 Å². The third-order valence-electron chi connectivity index (χ3n) is 10.9. The number of aromatic nitrogens is 9. The molecule has 1 atom stereocenters. The van der Waals surface area contributed by atoms with Crippen LogP contribution >= 0.6 is 11.6 Å². The van der Waals surface area contributed by atoms with Crippen molar-refractivity contribution in [1.82, 2.24) is 49.0 Å². The molecule has 56 heavy (non-hydrogen) atoms. The first-order valence-electron chi connectivity index (χ1n) is 18.8. The number of nitrogens with zero attached hydrogens (tertiary/aromatic N) is 11. The summed E-state index contributed by atoms with van der Waals surface area (Å²) in [7, 11) is 2.12. The van der Waals surface area contributed by atoms with Crippen LogP contribution in [0.1, 0.15) is 65.0 Å². The Morgan fingerprint density at radius 1 is 0.821 bits per heavy atom. The summed E-state index contributed by atoms with van der Waals surface area (Å²) in [6.07, 6.45) is 15.1. The highest BCUT2D eigenvalue weighted by atomic mass is 35.5. The van der Waals surface area contributed by atoms with Crippen molar-refractivity contribution < 1.29 is 4.79 Å². The van der Waals surface area contributed by atoms with Gasteiger partial charge in [-0.25, -0.2) is 34.0 Å². The minimum atomic E-state index is -0.165. The summed E-state index contributed by atoms with van der Waals surface area (Å²) in [6, 6.07) is 15.9. The van der Waals surface area contributed by atoms with E-state index in [2.05, 4.69) is 94.1 Å². The standard InChI is InChI=1S/C42H45ClN12O/c1-41(2,3)31-25-47-54-18-12-28(21-35(31)54)34-10-16-45-40(50-34)51-37-8-7-30(24-46-37)53-17-13-29(23-38(53)56)52(6)20-14-42(4,5)32-26-48-55-19-11-27(22-36(32)55)33-9-15-44-39(43)49-33/h7-12,15-16,18-19,21-22,24-26,29H,13-14,17,20,23H2,1-6H3,(H,45,46,50,51). The maximum absolute atomic E-state index is 13.5. The van der Waals surface area contributed by atoms with Crippen molar-refractivity contribution in [3.05, 3.63) is 108 Å². The normalized spacial score (nSPS) is 15.3. The molecule has 1 N–H and O–H groups in total. The molecule has 0 bridgehead atoms. The number of rotatable bonds is 10. The zero-order valence-electron chi connectivity index (χ0n) is 32.5. The molecule has 1 aliphatic rings. The van der Waals surface area contributed by atoms with Gasteiger partial charge in [0.25, 0.3) is 0 Å². The Kier molecular flexibility index (Phi) is 9.75. The van der Waals surface area contributed by atoms with E-state index in [1.165, 1.54) is 5.56 Å². The molecule has 1 amide bonds. The molecule has 1 aliphatic heterocycles. The van der Waals surface area contributed by atoms with Gasteiger partial charge in [0.1, 0.15) is 5.82 Å². The molecule has 0 aromatic carbocycles. The highest BCUT2D eigenvalue weighted by Gasteiger charge is 2.31. The summed E-state index contributed by atoms with van der Waals surface area (Å²) in [4.78, 5) is 39.9. The first-order valence-corrected chi connectivity index (χ1v) is 19.2. The van der Waals surface area contributed by atoms with Crippen LogP contribution in [-0.4, -0.2) is 81.1 Å². The lowest BCUT2D eigenvalue weighted by molar-refractivity contribution is -0.121. The fraction of sp³-hybridized carbons (Fsp3) is 0.333. The Morgan fingerprint density at radius 3 is 2.12 bits per heavy atom. The zero-order valence-corrected chi connectivity index (χ0v) is 33.2. The molecule has 0 aliphatic carbocycles. The molecule has 1 unspecified atom stereocenters. The minimum Gasteiger partial charge on any atom is -0.311 e. The molecule has 1 saturated heterocycles. The van der Waals surface area contributed by atoms with Gasteiger partial charge >= 0.3 is 0 Å². The zero-order chi connectivity index (χ0) is 39.2. The van der Waals surface area contributed by atoms with Crippen molar-refractivity contribution in [2.24, 2.45) is 0 Å². The second-order valence-electron chi connectivity index (χ2n) is 16.2. The number of pyridine rings is 3. The van der Waals surface area contributed by atoms with Crippen LogP contribution < -0.4 is 10.2 Å². The van der Waals surface area contributed by atoms with Crippen molar-refractivity contribution in [3.8, 4) is 22.5 Å². The van der Waals surface area contributed by atoms with Crippen LogP contribution in [0.3, 0.4) is 0 Å². The Morgan fingerprint density at radius 2 is 1.48 bits per heavy atom. The predicted molar refractivity (Wildman–Crippen MR) is 219 cm³/mol. The number of amides is 1. The molecule has 7 aromatic rings. The minimum absolute atomic E-state index is 0.0355. The van der Waals surface area contributed by atoms with Crippen LogP contribution in [0.25, 0.3) is 33.5 Å². The van der Waals surface area contributed by atoms with Crippen molar-refractivity contribution in [3.63, 3.8) is 0 Å². The van der Waals surface area contributed by atoms with Gasteiger partial charge in [-0.2, -0.15) is 10.2 Å². The van der Waals surface area contributed by atoms with Gasteiger partial charge in [-0.05, 0) is 97.4 Å². The number of fused-ring (bicyclic) bond motifs is 2. The molecule has 13 nitrogen and oxygen atoms in total. The number of carbonyl (C=O) groups is 1. The Hall–Kier alpha value is -5.79. The lowest BCUT2D eigenvalue weighted by Crippen LogP contribution is -2.47. The maximum atomic E-state index is 13.5. The van der Waals surface area contributed by atoms with E-state index in [-0.39, 0.29) is 28.1 Å². The van der Waals surface area contributed by atoms with Gasteiger partial charge in [0.05, 0.1) is 46.7 Å². The van der Waals surface area contributed by atoms with E-state index in [4.69, 9.17) is 16.6 Å². The van der Waals surface area contributed by atoms with Crippen molar-refractivity contribution in [2.45, 2.75) is 70.8 Å². The fourth-order valence-electron chi connectivity index (χ4n) is 7.43. The number of piperidine rings is 1. The monoisotopic (exact) mass is 768 g/mol. The topological polar surface area (TPSA) is 135 Å². The Balaban J connectivity index is 0.877. The fourth-order valence-corrected chi connectivity index (χ4v) is 7.58. The molecule has 286 valence electrons. The summed E-state index contributed by atoms with van der Waals surface area (Å²) in [5.41, 5.74) is 8.48. The number of anilines is 3. The molecule has 8 heterocycles. The van der Waals surface area contributed by atoms with E-state index in [1.807, 2.05) is 75.1 Å². The lowest BCUT2D eigenvalue weighted by Gasteiger charge is -2.37. The lowest BCUT2D eigenvalue weighted by atomic mass is 9.81. The second kappa shape index (κ2) is 14.7. The quantitative estimate of drug-likeness (QED) is 0.138. The second-order valence-corrected chi connectivity index (χ2v) is 16.5. The SMILES string of the molecule is CN(CCC(C)(C)c1cnn2ccc(-c3ccnc(Cl)n3)cc12)C1CCN(c2ccc(Nc3nccc(-c4ccn5ncc(C(C)(C)C)c5c4)n3)nc2)C(=O)C1. The molecule has 8 rings (SSSR count). The number of hydrogen-bond donors (Lipinski definition) is 1. The van der Waals surface area contributed by atoms with Crippen LogP contribution in [0.15, 0.2) is 91.9 Å². The molecule has 1 fully saturated rings. The summed E-state index contributed by atoms with van der Waals surface area (Å²) in [5, 5.41) is 12.6. The first kappa shape index (κ1) is 37.1. The van der Waals surface area contributed by atoms with Crippen molar-refractivity contribution in [2.75, 3.05) is 30.4 Å². The van der Waals surface area contributed by atoms with Gasteiger partial charge in [0.15, 0.2) is 0 Å². The van der Waals surface area contributed by atoms with Crippen LogP contribution in [0, 0.1) is 0 Å². The van der Waals surface area contributed by atoms with Gasteiger partial charge in [0.2, 0.25) is 17.1 Å². The molecule has 0 radical (unpaired) electrons. The van der Waals surface area contributed by atoms with E-state index in [1.54, 1.807) is 18.6 Å². The van der Waals surface area contributed by atoms with Crippen LogP contribution in [0.4, 0.5) is 17.5 Å². The van der Waals surface area contributed by atoms with E-state index in [9.17, 15) is 4.79 Å². The molecule has 14 heteroatoms. The third-order valence-corrected chi connectivity index (χ3v) is 11.0. The molecule has 0 spiro atoms. The summed E-state index contributed by atoms with van der Waals surface area (Å²) < 4.78 is 3.79. The Labute approximate surface area is 330 Å². The number of nitrogens with one attached hydrogen (secondary N) is 1. The van der Waals surface area contributed by atoms with E-state index in [0.29, 0.717) is 24.7 Å². The highest BCUT2D eigenvalue weighted by molar-refractivity contribution is 6.28. The van der Waals surface area contributed by atoms with E-state index < -0.39 is 0 Å². The van der Waals surface area contributed by atoms with Gasteiger partial charge in [-0.15, -0.1) is 0 Å². The van der Waals surface area contributed by atoms with Crippen molar-refractivity contribution >= 4 is 46.0 Å². The molecule has 0 saturated carbocycles. The van der Waals surface area contributed by atoms with Gasteiger partial charge < -0.3 is 15.1 Å². The maximum Gasteiger partial charge on any atom is 0.228 e. The number of halogens is 1. The molecule has 7 aromatic heterocycles. The van der Waals surface area contributed by atoms with Gasteiger partial charge in [-0.3, -0.25) is 4.79 Å². The molecular weight excluding hydrogens is 724 g/mol. The molecular formula is C42H45ClN12O. The average molecular weight is 769 g/mol. The summed E-state index contributed by atoms with van der Waals surface area (Å²) >= 11 is 6.07. The number of hydrogen-bond acceptors (Lipinski definition) is 10. The predicted octanol–water partition coefficient (Wildman–Crippen LogP) is 7.78. The van der Waals surface area contributed by atoms with Gasteiger partial charge in [-0.1, -0.05) is 34.6 Å². The average Bonchev–Trinajstić information content (AvgIpc) is 3.82. The van der Waals surface area contributed by atoms with Crippen LogP contribution in [-0.2, 0) is 15.6 Å². The highest BCUT2D eigenvalue weighted by Crippen LogP contribution is 2.34. The smallest absolute Gasteiger partial charge is 0.228 e. The number of carbonyl (C=O) groups excluding carboxylic acids is 1. The van der Waals surface area contributed by atoms with E-state index in [0.717, 1.165) is 64.2 Å². The summed E-state index contributed by atoms with van der Waals surface area (Å²) in [6.45, 7) is 12.5. The Bertz CT molecular complexity index is 2540. The first-order chi connectivity index (χ1) is 26.8. The van der Waals surface area contributed by atoms with Crippen molar-refractivity contribution in [1.29, 1.82) is 0 Å². The van der Waals surface area contributed by atoms with Crippen LogP contribution in [0.5, 0.6) is 0 Å². The largest absolute Gasteiger partial charge is 0.311 e.